The van der Waals surface area contributed by atoms with Crippen LogP contribution in [0.3, 0.4) is 0 Å². The normalized spacial score (nSPS) is 11.1. The van der Waals surface area contributed by atoms with E-state index in [0.29, 0.717) is 4.31 Å². The van der Waals surface area contributed by atoms with Crippen LogP contribution in [0.1, 0.15) is 5.56 Å². The van der Waals surface area contributed by atoms with Crippen LogP contribution in [-0.4, -0.2) is 36.9 Å². The molecule has 0 aliphatic heterocycles. The van der Waals surface area contributed by atoms with E-state index in [4.69, 9.17) is 10.4 Å². The molecule has 0 amide bonds. The summed E-state index contributed by atoms with van der Waals surface area (Å²) in [5, 5.41) is 17.6. The highest BCUT2D eigenvalue weighted by Gasteiger charge is 2.29. The molecule has 0 saturated carbocycles. The molecule has 0 aliphatic rings. The lowest BCUT2D eigenvalue weighted by atomic mass is 10.2. The number of aliphatic carboxylic acids is 1. The highest BCUT2D eigenvalue weighted by atomic mass is 32.2. The van der Waals surface area contributed by atoms with E-state index < -0.39 is 38.8 Å². The third-order valence-corrected chi connectivity index (χ3v) is 4.20. The molecule has 0 radical (unpaired) electrons. The van der Waals surface area contributed by atoms with E-state index in [1.165, 1.54) is 12.1 Å². The summed E-state index contributed by atoms with van der Waals surface area (Å²) in [6.45, 7) is 2.26. The molecule has 0 aliphatic carbocycles. The molecule has 0 fully saturated rings. The molecule has 0 spiro atoms. The third kappa shape index (κ3) is 3.20. The second kappa shape index (κ2) is 6.27. The Morgan fingerprint density at radius 1 is 1.55 bits per heavy atom. The highest BCUT2D eigenvalue weighted by Crippen LogP contribution is 2.21. The van der Waals surface area contributed by atoms with Crippen molar-refractivity contribution in [3.63, 3.8) is 0 Å². The molecule has 0 aromatic heterocycles. The zero-order chi connectivity index (χ0) is 15.3. The lowest BCUT2D eigenvalue weighted by molar-refractivity contribution is -0.137. The number of benzene rings is 1. The maximum Gasteiger partial charge on any atom is 0.318 e. The minimum Gasteiger partial charge on any atom is -0.480 e. The van der Waals surface area contributed by atoms with Crippen molar-refractivity contribution in [2.45, 2.75) is 4.90 Å². The number of hydrogen-bond acceptors (Lipinski definition) is 4. The van der Waals surface area contributed by atoms with Crippen molar-refractivity contribution in [2.24, 2.45) is 0 Å². The predicted molar refractivity (Wildman–Crippen MR) is 67.7 cm³/mol. The molecule has 0 bridgehead atoms. The molecule has 0 saturated heterocycles. The SMILES string of the molecule is C=CCN(CC(=O)O)S(=O)(=O)c1cccc(F)c1C#N. The van der Waals surface area contributed by atoms with Gasteiger partial charge in [-0.2, -0.15) is 9.57 Å². The summed E-state index contributed by atoms with van der Waals surface area (Å²) in [5.74, 6) is -2.35. The van der Waals surface area contributed by atoms with Crippen LogP contribution in [-0.2, 0) is 14.8 Å². The number of nitrogens with zero attached hydrogens (tertiary/aromatic N) is 2. The number of carbonyl (C=O) groups is 1. The fraction of sp³-hybridized carbons (Fsp3) is 0.167. The molecule has 20 heavy (non-hydrogen) atoms. The van der Waals surface area contributed by atoms with Gasteiger partial charge in [0.25, 0.3) is 0 Å². The Balaban J connectivity index is 3.41. The van der Waals surface area contributed by atoms with Gasteiger partial charge in [0.1, 0.15) is 28.9 Å². The lowest BCUT2D eigenvalue weighted by Gasteiger charge is -2.19. The second-order valence-electron chi connectivity index (χ2n) is 3.70. The van der Waals surface area contributed by atoms with Crippen LogP contribution in [0.2, 0.25) is 0 Å². The van der Waals surface area contributed by atoms with Crippen molar-refractivity contribution in [3.05, 3.63) is 42.2 Å². The zero-order valence-corrected chi connectivity index (χ0v) is 11.1. The largest absolute Gasteiger partial charge is 0.480 e. The van der Waals surface area contributed by atoms with Crippen LogP contribution in [0.4, 0.5) is 4.39 Å². The lowest BCUT2D eigenvalue weighted by Crippen LogP contribution is -2.36. The van der Waals surface area contributed by atoms with Gasteiger partial charge in [-0.25, -0.2) is 12.8 Å². The topological polar surface area (TPSA) is 98.5 Å². The van der Waals surface area contributed by atoms with Crippen LogP contribution in [0.15, 0.2) is 35.7 Å². The first-order valence-corrected chi connectivity index (χ1v) is 6.80. The van der Waals surface area contributed by atoms with Crippen molar-refractivity contribution < 1.29 is 22.7 Å². The number of sulfonamides is 1. The quantitative estimate of drug-likeness (QED) is 0.789. The number of halogens is 1. The summed E-state index contributed by atoms with van der Waals surface area (Å²) in [7, 11) is -4.30. The number of carboxylic acids is 1. The Kier molecular flexibility index (Phi) is 4.96. The maximum atomic E-state index is 13.5. The van der Waals surface area contributed by atoms with Gasteiger partial charge in [0.15, 0.2) is 0 Å². The molecule has 1 rings (SSSR count). The summed E-state index contributed by atoms with van der Waals surface area (Å²) >= 11 is 0. The van der Waals surface area contributed by atoms with Gasteiger partial charge in [0.2, 0.25) is 10.0 Å². The van der Waals surface area contributed by atoms with Gasteiger partial charge in [0.05, 0.1) is 0 Å². The Bertz CT molecular complexity index is 679. The number of rotatable bonds is 6. The molecule has 0 heterocycles. The average molecular weight is 298 g/mol. The summed E-state index contributed by atoms with van der Waals surface area (Å²) in [4.78, 5) is 10.1. The number of carboxylic acid groups (broad SMARTS) is 1. The molecule has 0 unspecified atom stereocenters. The Labute approximate surface area is 115 Å². The molecule has 1 aromatic rings. The van der Waals surface area contributed by atoms with E-state index in [2.05, 4.69) is 6.58 Å². The van der Waals surface area contributed by atoms with Crippen LogP contribution in [0, 0.1) is 17.1 Å². The smallest absolute Gasteiger partial charge is 0.318 e. The van der Waals surface area contributed by atoms with E-state index >= 15 is 0 Å². The van der Waals surface area contributed by atoms with Gasteiger partial charge in [-0.3, -0.25) is 4.79 Å². The first kappa shape index (κ1) is 15.8. The van der Waals surface area contributed by atoms with E-state index in [9.17, 15) is 17.6 Å². The summed E-state index contributed by atoms with van der Waals surface area (Å²) in [6, 6.07) is 4.60. The number of nitriles is 1. The summed E-state index contributed by atoms with van der Waals surface area (Å²) in [5.41, 5.74) is -0.646. The van der Waals surface area contributed by atoms with Crippen LogP contribution >= 0.6 is 0 Å². The molecule has 0 atom stereocenters. The van der Waals surface area contributed by atoms with Crippen molar-refractivity contribution in [3.8, 4) is 6.07 Å². The van der Waals surface area contributed by atoms with Crippen LogP contribution < -0.4 is 0 Å². The van der Waals surface area contributed by atoms with Crippen molar-refractivity contribution >= 4 is 16.0 Å². The van der Waals surface area contributed by atoms with Gasteiger partial charge in [0, 0.05) is 6.54 Å². The van der Waals surface area contributed by atoms with Gasteiger partial charge in [-0.1, -0.05) is 12.1 Å². The second-order valence-corrected chi connectivity index (χ2v) is 5.61. The predicted octanol–water partition coefficient (Wildman–Crippen LogP) is 0.959. The molecule has 1 aromatic carbocycles. The van der Waals surface area contributed by atoms with Crippen molar-refractivity contribution in [1.29, 1.82) is 5.26 Å². The first-order chi connectivity index (χ1) is 9.34. The minimum atomic E-state index is -4.30. The number of hydrogen-bond donors (Lipinski definition) is 1. The van der Waals surface area contributed by atoms with Gasteiger partial charge < -0.3 is 5.11 Å². The monoisotopic (exact) mass is 298 g/mol. The maximum absolute atomic E-state index is 13.5. The Hall–Kier alpha value is -2.24. The van der Waals surface area contributed by atoms with E-state index in [-0.39, 0.29) is 6.54 Å². The summed E-state index contributed by atoms with van der Waals surface area (Å²) < 4.78 is 38.6. The van der Waals surface area contributed by atoms with Crippen molar-refractivity contribution in [1.82, 2.24) is 4.31 Å². The van der Waals surface area contributed by atoms with Gasteiger partial charge >= 0.3 is 5.97 Å². The van der Waals surface area contributed by atoms with Crippen LogP contribution in [0.25, 0.3) is 0 Å². The minimum absolute atomic E-state index is 0.268. The fourth-order valence-corrected chi connectivity index (χ4v) is 3.02. The molecule has 6 nitrogen and oxygen atoms in total. The van der Waals surface area contributed by atoms with Crippen LogP contribution in [0.5, 0.6) is 0 Å². The summed E-state index contributed by atoms with van der Waals surface area (Å²) in [6.07, 6.45) is 1.20. The zero-order valence-electron chi connectivity index (χ0n) is 10.3. The van der Waals surface area contributed by atoms with E-state index in [1.807, 2.05) is 0 Å². The molecule has 106 valence electrons. The highest BCUT2D eigenvalue weighted by molar-refractivity contribution is 7.89. The first-order valence-electron chi connectivity index (χ1n) is 5.36. The third-order valence-electron chi connectivity index (χ3n) is 2.35. The molecular formula is C12H11FN2O4S. The fourth-order valence-electron chi connectivity index (χ4n) is 1.51. The molecule has 1 N–H and O–H groups in total. The Morgan fingerprint density at radius 2 is 2.20 bits per heavy atom. The molecule has 8 heteroatoms. The average Bonchev–Trinajstić information content (AvgIpc) is 2.37. The van der Waals surface area contributed by atoms with Gasteiger partial charge in [-0.15, -0.1) is 6.58 Å². The standard InChI is InChI=1S/C12H11FN2O4S/c1-2-6-15(8-12(16)17)20(18,19)11-5-3-4-10(13)9(11)7-14/h2-5H,1,6,8H2,(H,16,17). The van der Waals surface area contributed by atoms with E-state index in [0.717, 1.165) is 18.2 Å². The van der Waals surface area contributed by atoms with Crippen molar-refractivity contribution in [2.75, 3.05) is 13.1 Å². The molecular weight excluding hydrogens is 287 g/mol. The van der Waals surface area contributed by atoms with Gasteiger partial charge in [-0.05, 0) is 12.1 Å². The van der Waals surface area contributed by atoms with E-state index in [1.54, 1.807) is 0 Å². The Morgan fingerprint density at radius 3 is 2.70 bits per heavy atom.